The molecule has 0 radical (unpaired) electrons. The van der Waals surface area contributed by atoms with E-state index >= 15 is 0 Å². The number of hydrogen-bond donors (Lipinski definition) is 13. The highest BCUT2D eigenvalue weighted by atomic mass is 32.2. The third-order valence-corrected chi connectivity index (χ3v) is 14.9. The van der Waals surface area contributed by atoms with E-state index in [-0.39, 0.29) is 48.7 Å². The molecule has 30 nitrogen and oxygen atoms in total. The molecule has 1 aliphatic rings. The van der Waals surface area contributed by atoms with Gasteiger partial charge in [-0.3, -0.25) is 37.3 Å². The first-order valence-electron chi connectivity index (χ1n) is 21.8. The molecule has 9 unspecified atom stereocenters. The molecule has 35 heteroatoms. The molecular formula is C38H56BN9O21P3S-. The van der Waals surface area contributed by atoms with Gasteiger partial charge >= 0.3 is 30.2 Å². The predicted octanol–water partition coefficient (Wildman–Crippen LogP) is -1.63. The molecule has 4 aromatic rings. The van der Waals surface area contributed by atoms with Gasteiger partial charge in [0.15, 0.2) is 17.7 Å². The van der Waals surface area contributed by atoms with E-state index in [2.05, 4.69) is 39.7 Å². The van der Waals surface area contributed by atoms with E-state index in [4.69, 9.17) is 29.9 Å². The van der Waals surface area contributed by atoms with Crippen LogP contribution in [0.4, 0.5) is 5.82 Å². The maximum Gasteiger partial charge on any atom is 0.481 e. The fraction of sp³-hybridized carbons (Fsp3) is 0.500. The number of phosphoric acid groups is 3. The quantitative estimate of drug-likeness (QED) is 0.0181. The Morgan fingerprint density at radius 1 is 0.973 bits per heavy atom. The average Bonchev–Trinajstić information content (AvgIpc) is 3.87. The lowest BCUT2D eigenvalue weighted by Crippen LogP contribution is -2.61. The smallest absolute Gasteiger partial charge is 0.481 e. The summed E-state index contributed by atoms with van der Waals surface area (Å²) in [6.45, 7) is -3.18. The second kappa shape index (κ2) is 25.0. The van der Waals surface area contributed by atoms with Crippen molar-refractivity contribution in [2.75, 3.05) is 44.4 Å². The predicted molar refractivity (Wildman–Crippen MR) is 256 cm³/mol. The largest absolute Gasteiger partial charge is 0.558 e. The second-order valence-electron chi connectivity index (χ2n) is 17.1. The fourth-order valence-corrected chi connectivity index (χ4v) is 10.6. The molecule has 73 heavy (non-hydrogen) atoms. The highest BCUT2D eigenvalue weighted by Crippen LogP contribution is 2.61. The number of nitrogen functional groups attached to an aromatic ring is 1. The van der Waals surface area contributed by atoms with E-state index in [1.165, 1.54) is 20.8 Å². The normalized spacial score (nSPS) is 20.4. The van der Waals surface area contributed by atoms with E-state index < -0.39 is 121 Å². The third kappa shape index (κ3) is 17.1. The third-order valence-electron chi connectivity index (χ3n) is 10.8. The molecule has 5 rings (SSSR count). The number of hydrogen-bond acceptors (Lipinski definition) is 23. The number of carbonyl (C=O) groups excluding carboxylic acids is 4. The molecule has 1 saturated heterocycles. The van der Waals surface area contributed by atoms with Crippen LogP contribution in [0.3, 0.4) is 0 Å². The summed E-state index contributed by atoms with van der Waals surface area (Å²) in [4.78, 5) is 101. The first-order valence-corrected chi connectivity index (χ1v) is 27.3. The number of aliphatic hydroxyl groups is 2. The van der Waals surface area contributed by atoms with E-state index in [1.54, 1.807) is 12.1 Å². The van der Waals surface area contributed by atoms with E-state index in [1.807, 2.05) is 30.3 Å². The van der Waals surface area contributed by atoms with Crippen LogP contribution in [0, 0.1) is 5.41 Å². The lowest BCUT2D eigenvalue weighted by Gasteiger charge is -2.38. The molecule has 0 bridgehead atoms. The number of thioether (sulfide) groups is 1. The molecule has 15 N–H and O–H groups in total. The number of aromatic nitrogens is 4. The summed E-state index contributed by atoms with van der Waals surface area (Å²) < 4.78 is 67.7. The Morgan fingerprint density at radius 3 is 2.36 bits per heavy atom. The van der Waals surface area contributed by atoms with Gasteiger partial charge in [0.25, 0.3) is 0 Å². The second-order valence-corrected chi connectivity index (χ2v) is 22.4. The SMILES string of the molecule is CC(=O)NC(Cc1cccc2ccccc12)[B-](O)(O)OCC(N)C(=O)SCCNC(=O)CCNC(=O)C(O)C(C)(C)COP(=O)(O)OP(=O)(O)OCC1OC(n2cnc3c(N)ncnc32)C(O)C1OP(=O)(O)O. The summed E-state index contributed by atoms with van der Waals surface area (Å²) >= 11 is 0.721. The van der Waals surface area contributed by atoms with Crippen molar-refractivity contribution in [3.8, 4) is 0 Å². The van der Waals surface area contributed by atoms with Gasteiger partial charge in [-0.25, -0.2) is 28.6 Å². The molecule has 9 atom stereocenters. The number of amides is 3. The van der Waals surface area contributed by atoms with E-state index in [0.717, 1.165) is 39.8 Å². The maximum absolute atomic E-state index is 12.8. The lowest BCUT2D eigenvalue weighted by molar-refractivity contribution is -0.137. The van der Waals surface area contributed by atoms with Crippen LogP contribution in [0.25, 0.3) is 21.9 Å². The van der Waals surface area contributed by atoms with Crippen LogP contribution in [0.2, 0.25) is 0 Å². The Bertz CT molecular complexity index is 2750. The van der Waals surface area contributed by atoms with Crippen LogP contribution in [-0.2, 0) is 66.6 Å². The summed E-state index contributed by atoms with van der Waals surface area (Å²) in [6.07, 6.45) is -7.31. The van der Waals surface area contributed by atoms with Crippen LogP contribution in [0.15, 0.2) is 55.1 Å². The minimum atomic E-state index is -5.63. The molecular weight excluding hydrogens is 1050 g/mol. The van der Waals surface area contributed by atoms with Crippen molar-refractivity contribution in [2.24, 2.45) is 11.1 Å². The molecule has 2 aromatic carbocycles. The van der Waals surface area contributed by atoms with Gasteiger partial charge in [0.2, 0.25) is 22.8 Å². The van der Waals surface area contributed by atoms with Crippen molar-refractivity contribution in [1.29, 1.82) is 0 Å². The Kier molecular flexibility index (Phi) is 20.4. The molecule has 3 amide bonds. The van der Waals surface area contributed by atoms with Gasteiger partial charge in [-0.2, -0.15) is 4.31 Å². The maximum atomic E-state index is 12.8. The average molecular weight is 1110 g/mol. The molecule has 1 aliphatic heterocycles. The molecule has 2 aromatic heterocycles. The molecule has 0 saturated carbocycles. The highest BCUT2D eigenvalue weighted by molar-refractivity contribution is 8.13. The summed E-state index contributed by atoms with van der Waals surface area (Å²) in [5.74, 6) is -3.51. The number of ether oxygens (including phenoxy) is 1. The lowest BCUT2D eigenvalue weighted by atomic mass is 9.66. The van der Waals surface area contributed by atoms with Crippen LogP contribution < -0.4 is 27.4 Å². The van der Waals surface area contributed by atoms with Gasteiger partial charge in [-0.1, -0.05) is 68.1 Å². The Balaban J connectivity index is 1.00. The summed E-state index contributed by atoms with van der Waals surface area (Å²) in [7, 11) is -16.6. The van der Waals surface area contributed by atoms with Crippen molar-refractivity contribution >= 4 is 92.6 Å². The van der Waals surface area contributed by atoms with Gasteiger partial charge in [-0.05, 0) is 28.7 Å². The van der Waals surface area contributed by atoms with Gasteiger partial charge in [0.05, 0.1) is 25.6 Å². The van der Waals surface area contributed by atoms with Crippen molar-refractivity contribution in [3.63, 3.8) is 0 Å². The van der Waals surface area contributed by atoms with Crippen LogP contribution in [-0.4, -0.2) is 164 Å². The number of imidazole rings is 1. The highest BCUT2D eigenvalue weighted by Gasteiger charge is 2.50. The van der Waals surface area contributed by atoms with Crippen LogP contribution in [0.1, 0.15) is 39.0 Å². The van der Waals surface area contributed by atoms with Gasteiger partial charge in [0, 0.05) is 44.2 Å². The fourth-order valence-electron chi connectivity index (χ4n) is 7.10. The number of fused-ring (bicyclic) bond motifs is 2. The van der Waals surface area contributed by atoms with Gasteiger partial charge in [0.1, 0.15) is 36.3 Å². The van der Waals surface area contributed by atoms with Crippen molar-refractivity contribution < 1.29 is 100.0 Å². The standard InChI is InChI=1S/C38H56BN9O21P3S/c1-21(49)47-27(15-23-9-6-8-22-7-4-5-10-24(22)23)39(55,56)64-16-25(40)37(54)73-14-13-42-28(50)11-12-43-35(53)32(52)38(2,3)18-66-72(62,63)69-71(60,61)65-17-26-31(68-70(57,58)59)30(51)36(67-26)48-20-46-29-33(41)44-19-45-34(29)48/h4-10,19-20,25-27,30-32,36,51-52,55-56H,11-18,40H2,1-3H3,(H,42,50)(H,43,53)(H,47,49)(H,60,61)(H,62,63)(H2,41,44,45)(H2,57,58,59)/q-1. The minimum absolute atomic E-state index is 0.00892. The Morgan fingerprint density at radius 2 is 1.66 bits per heavy atom. The Hall–Kier alpha value is -4.37. The number of rotatable bonds is 27. The van der Waals surface area contributed by atoms with Crippen molar-refractivity contribution in [3.05, 3.63) is 60.7 Å². The van der Waals surface area contributed by atoms with E-state index in [9.17, 15) is 72.7 Å². The van der Waals surface area contributed by atoms with Crippen LogP contribution >= 0.6 is 35.2 Å². The number of phosphoric ester groups is 3. The summed E-state index contributed by atoms with van der Waals surface area (Å²) in [5.41, 5.74) is 10.8. The summed E-state index contributed by atoms with van der Waals surface area (Å²) in [6, 6.07) is 11.5. The monoisotopic (exact) mass is 1110 g/mol. The van der Waals surface area contributed by atoms with Gasteiger partial charge in [-0.15, -0.1) is 0 Å². The minimum Gasteiger partial charge on any atom is -0.558 e. The molecule has 0 spiro atoms. The first kappa shape index (κ1) is 59.5. The van der Waals surface area contributed by atoms with Crippen molar-refractivity contribution in [2.45, 2.75) is 76.2 Å². The molecule has 1 fully saturated rings. The van der Waals surface area contributed by atoms with Gasteiger partial charge < -0.3 is 76.6 Å². The van der Waals surface area contributed by atoms with Crippen LogP contribution in [0.5, 0.6) is 0 Å². The number of nitrogens with one attached hydrogen (secondary N) is 3. The van der Waals surface area contributed by atoms with Crippen molar-refractivity contribution in [1.82, 2.24) is 35.5 Å². The number of nitrogens with zero attached hydrogens (tertiary/aromatic N) is 4. The molecule has 3 heterocycles. The van der Waals surface area contributed by atoms with E-state index in [0.29, 0.717) is 5.56 Å². The number of carbonyl (C=O) groups is 4. The number of anilines is 1. The first-order chi connectivity index (χ1) is 34.0. The zero-order chi connectivity index (χ0) is 54.1. The molecule has 404 valence electrons. The zero-order valence-electron chi connectivity index (χ0n) is 39.1. The summed E-state index contributed by atoms with van der Waals surface area (Å²) in [5, 5.41) is 51.8. The number of nitrogens with two attached hydrogens (primary N) is 2. The Labute approximate surface area is 419 Å². The number of aliphatic hydroxyl groups excluding tert-OH is 2. The molecule has 0 aliphatic carbocycles. The topological polar surface area (TPSA) is 468 Å². The zero-order valence-corrected chi connectivity index (χ0v) is 42.5. The number of benzene rings is 2.